The predicted molar refractivity (Wildman–Crippen MR) is 103 cm³/mol. The lowest BCUT2D eigenvalue weighted by molar-refractivity contribution is -0.141. The van der Waals surface area contributed by atoms with Gasteiger partial charge in [0.05, 0.1) is 12.0 Å². The summed E-state index contributed by atoms with van der Waals surface area (Å²) in [6.45, 7) is 0. The molecule has 1 atom stereocenters. The Morgan fingerprint density at radius 1 is 1.16 bits per heavy atom. The maximum Gasteiger partial charge on any atom is 0.324 e. The van der Waals surface area contributed by atoms with Crippen molar-refractivity contribution in [3.05, 3.63) is 64.6 Å². The van der Waals surface area contributed by atoms with Gasteiger partial charge in [-0.25, -0.2) is 8.42 Å². The van der Waals surface area contributed by atoms with Crippen LogP contribution in [-0.4, -0.2) is 33.3 Å². The van der Waals surface area contributed by atoms with Crippen LogP contribution in [-0.2, 0) is 25.3 Å². The van der Waals surface area contributed by atoms with Gasteiger partial charge in [-0.05, 0) is 33.6 Å². The Bertz CT molecular complexity index is 812. The lowest BCUT2D eigenvalue weighted by Gasteiger charge is -2.17. The number of esters is 1. The average molecular weight is 444 g/mol. The summed E-state index contributed by atoms with van der Waals surface area (Å²) >= 11 is 4.68. The third-order valence-electron chi connectivity index (χ3n) is 3.31. The molecule has 0 fully saturated rings. The van der Waals surface area contributed by atoms with E-state index in [1.807, 2.05) is 30.3 Å². The number of benzene rings is 2. The van der Waals surface area contributed by atoms with E-state index >= 15 is 0 Å². The van der Waals surface area contributed by atoms with Crippen molar-refractivity contribution in [1.82, 2.24) is 4.72 Å². The molecule has 0 heterocycles. The summed E-state index contributed by atoms with van der Waals surface area (Å²) in [5, 5.41) is 0. The zero-order valence-electron chi connectivity index (χ0n) is 13.5. The molecule has 1 unspecified atom stereocenters. The Hall–Kier alpha value is -1.35. The van der Waals surface area contributed by atoms with Gasteiger partial charge >= 0.3 is 5.97 Å². The van der Waals surface area contributed by atoms with Gasteiger partial charge in [0.2, 0.25) is 10.0 Å². The van der Waals surface area contributed by atoms with Crippen molar-refractivity contribution in [3.63, 3.8) is 0 Å². The summed E-state index contributed by atoms with van der Waals surface area (Å²) < 4.78 is 32.7. The zero-order chi connectivity index (χ0) is 18.3. The molecule has 0 saturated heterocycles. The van der Waals surface area contributed by atoms with Crippen molar-refractivity contribution in [2.45, 2.75) is 16.7 Å². The predicted octanol–water partition coefficient (Wildman–Crippen LogP) is 3.20. The van der Waals surface area contributed by atoms with Crippen LogP contribution in [0, 0.1) is 0 Å². The Labute approximate surface area is 160 Å². The molecule has 8 heteroatoms. The summed E-state index contributed by atoms with van der Waals surface area (Å²) in [7, 11) is -2.61. The molecule has 25 heavy (non-hydrogen) atoms. The highest BCUT2D eigenvalue weighted by atomic mass is 79.9. The van der Waals surface area contributed by atoms with E-state index in [9.17, 15) is 13.2 Å². The fourth-order valence-corrected chi connectivity index (χ4v) is 5.37. The van der Waals surface area contributed by atoms with Gasteiger partial charge in [-0.1, -0.05) is 42.5 Å². The van der Waals surface area contributed by atoms with Gasteiger partial charge in [-0.2, -0.15) is 16.5 Å². The first-order chi connectivity index (χ1) is 11.9. The normalized spacial score (nSPS) is 12.6. The van der Waals surface area contributed by atoms with Gasteiger partial charge in [0, 0.05) is 16.0 Å². The first-order valence-electron chi connectivity index (χ1n) is 7.40. The van der Waals surface area contributed by atoms with Gasteiger partial charge in [0.25, 0.3) is 0 Å². The van der Waals surface area contributed by atoms with Gasteiger partial charge in [0.15, 0.2) is 0 Å². The molecular weight excluding hydrogens is 426 g/mol. The first kappa shape index (κ1) is 20.0. The Balaban J connectivity index is 2.07. The highest BCUT2D eigenvalue weighted by molar-refractivity contribution is 9.10. The number of ether oxygens (including phenoxy) is 1. The van der Waals surface area contributed by atoms with Crippen LogP contribution < -0.4 is 4.72 Å². The standard InChI is InChI=1S/C17H18BrNO4S2/c1-23-17(20)15(12-24-11-13-7-3-2-4-8-13)19-25(21,22)16-10-6-5-9-14(16)18/h2-10,15,19H,11-12H2,1H3. The number of carbonyl (C=O) groups is 1. The Kier molecular flexibility index (Phi) is 7.49. The summed E-state index contributed by atoms with van der Waals surface area (Å²) in [4.78, 5) is 12.1. The number of rotatable bonds is 8. The smallest absolute Gasteiger partial charge is 0.324 e. The van der Waals surface area contributed by atoms with E-state index < -0.39 is 22.0 Å². The third kappa shape index (κ3) is 5.85. The zero-order valence-corrected chi connectivity index (χ0v) is 16.7. The van der Waals surface area contributed by atoms with Crippen LogP contribution in [0.4, 0.5) is 0 Å². The molecule has 0 aliphatic rings. The second-order valence-electron chi connectivity index (χ2n) is 5.13. The minimum Gasteiger partial charge on any atom is -0.468 e. The molecule has 0 bridgehead atoms. The molecule has 0 radical (unpaired) electrons. The number of sulfonamides is 1. The van der Waals surface area contributed by atoms with Gasteiger partial charge in [-0.3, -0.25) is 4.79 Å². The number of halogens is 1. The first-order valence-corrected chi connectivity index (χ1v) is 10.8. The highest BCUT2D eigenvalue weighted by Crippen LogP contribution is 2.22. The van der Waals surface area contributed by atoms with Crippen LogP contribution in [0.1, 0.15) is 5.56 Å². The molecule has 5 nitrogen and oxygen atoms in total. The number of nitrogens with one attached hydrogen (secondary N) is 1. The fraction of sp³-hybridized carbons (Fsp3) is 0.235. The van der Waals surface area contributed by atoms with Crippen LogP contribution in [0.3, 0.4) is 0 Å². The van der Waals surface area contributed by atoms with E-state index in [2.05, 4.69) is 20.7 Å². The number of hydrogen-bond donors (Lipinski definition) is 1. The second-order valence-corrected chi connectivity index (χ2v) is 8.70. The molecule has 134 valence electrons. The van der Waals surface area contributed by atoms with Crippen molar-refractivity contribution in [2.75, 3.05) is 12.9 Å². The highest BCUT2D eigenvalue weighted by Gasteiger charge is 2.27. The van der Waals surface area contributed by atoms with Gasteiger partial charge < -0.3 is 4.74 Å². The summed E-state index contributed by atoms with van der Waals surface area (Å²) in [6.07, 6.45) is 0. The van der Waals surface area contributed by atoms with E-state index in [4.69, 9.17) is 4.74 Å². The van der Waals surface area contributed by atoms with E-state index in [1.165, 1.54) is 24.9 Å². The van der Waals surface area contributed by atoms with Gasteiger partial charge in [0.1, 0.15) is 6.04 Å². The van der Waals surface area contributed by atoms with Crippen molar-refractivity contribution >= 4 is 43.7 Å². The maximum atomic E-state index is 12.6. The molecule has 0 aliphatic heterocycles. The van der Waals surface area contributed by atoms with Crippen LogP contribution in [0.5, 0.6) is 0 Å². The SMILES string of the molecule is COC(=O)C(CSCc1ccccc1)NS(=O)(=O)c1ccccc1Br. The summed E-state index contributed by atoms with van der Waals surface area (Å²) in [5.41, 5.74) is 1.10. The minimum atomic E-state index is -3.85. The molecule has 0 amide bonds. The maximum absolute atomic E-state index is 12.6. The number of thioether (sulfide) groups is 1. The molecular formula is C17H18BrNO4S2. The monoisotopic (exact) mass is 443 g/mol. The van der Waals surface area contributed by atoms with Crippen molar-refractivity contribution in [1.29, 1.82) is 0 Å². The molecule has 0 aromatic heterocycles. The van der Waals surface area contributed by atoms with Crippen LogP contribution in [0.2, 0.25) is 0 Å². The lowest BCUT2D eigenvalue weighted by Crippen LogP contribution is -2.43. The van der Waals surface area contributed by atoms with Crippen molar-refractivity contribution in [3.8, 4) is 0 Å². The van der Waals surface area contributed by atoms with Gasteiger partial charge in [-0.15, -0.1) is 0 Å². The molecule has 2 rings (SSSR count). The number of hydrogen-bond acceptors (Lipinski definition) is 5. The average Bonchev–Trinajstić information content (AvgIpc) is 2.61. The summed E-state index contributed by atoms with van der Waals surface area (Å²) in [6, 6.07) is 15.2. The molecule has 0 spiro atoms. The molecule has 0 aliphatic carbocycles. The third-order valence-corrected chi connectivity index (χ3v) is 6.90. The minimum absolute atomic E-state index is 0.0805. The van der Waals surface area contributed by atoms with Crippen molar-refractivity contribution < 1.29 is 17.9 Å². The Morgan fingerprint density at radius 2 is 1.80 bits per heavy atom. The fourth-order valence-electron chi connectivity index (χ4n) is 2.07. The molecule has 2 aromatic carbocycles. The van der Waals surface area contributed by atoms with E-state index in [0.29, 0.717) is 10.2 Å². The number of methoxy groups -OCH3 is 1. The van der Waals surface area contributed by atoms with E-state index in [1.54, 1.807) is 18.2 Å². The van der Waals surface area contributed by atoms with Crippen LogP contribution >= 0.6 is 27.7 Å². The molecule has 0 saturated carbocycles. The van der Waals surface area contributed by atoms with E-state index in [0.717, 1.165) is 5.56 Å². The van der Waals surface area contributed by atoms with Crippen LogP contribution in [0.15, 0.2) is 64.0 Å². The number of carbonyl (C=O) groups excluding carboxylic acids is 1. The van der Waals surface area contributed by atoms with Crippen LogP contribution in [0.25, 0.3) is 0 Å². The second kappa shape index (κ2) is 9.38. The quantitative estimate of drug-likeness (QED) is 0.634. The van der Waals surface area contributed by atoms with Crippen molar-refractivity contribution in [2.24, 2.45) is 0 Å². The lowest BCUT2D eigenvalue weighted by atomic mass is 10.2. The molecule has 1 N–H and O–H groups in total. The summed E-state index contributed by atoms with van der Waals surface area (Å²) in [5.74, 6) is 0.326. The van der Waals surface area contributed by atoms with E-state index in [-0.39, 0.29) is 10.6 Å². The Morgan fingerprint density at radius 3 is 2.44 bits per heavy atom. The molecule has 2 aromatic rings. The topological polar surface area (TPSA) is 72.5 Å². The largest absolute Gasteiger partial charge is 0.468 e.